The lowest BCUT2D eigenvalue weighted by atomic mass is 10.1. The summed E-state index contributed by atoms with van der Waals surface area (Å²) < 4.78 is 79.1. The Balaban J connectivity index is 1.58. The van der Waals surface area contributed by atoms with Crippen LogP contribution in [0.2, 0.25) is 5.02 Å². The molecule has 11 heteroatoms. The second-order valence-electron chi connectivity index (χ2n) is 9.29. The molecule has 38 heavy (non-hydrogen) atoms. The van der Waals surface area contributed by atoms with Gasteiger partial charge in [0.2, 0.25) is 0 Å². The third-order valence-corrected chi connectivity index (χ3v) is 8.07. The fourth-order valence-electron chi connectivity index (χ4n) is 4.67. The van der Waals surface area contributed by atoms with Crippen molar-refractivity contribution in [3.63, 3.8) is 0 Å². The Labute approximate surface area is 227 Å². The summed E-state index contributed by atoms with van der Waals surface area (Å²) in [5.74, 6) is -2.34. The summed E-state index contributed by atoms with van der Waals surface area (Å²) in [6.07, 6.45) is 4.02. The van der Waals surface area contributed by atoms with Crippen molar-refractivity contribution in [2.75, 3.05) is 6.26 Å². The number of halogens is 3. The largest absolute Gasteiger partial charge is 0.277 e. The molecule has 1 aliphatic carbocycles. The number of pyridine rings is 2. The summed E-state index contributed by atoms with van der Waals surface area (Å²) in [5, 5.41) is -0.155. The summed E-state index contributed by atoms with van der Waals surface area (Å²) in [7, 11) is -3.94. The van der Waals surface area contributed by atoms with Gasteiger partial charge in [-0.15, -0.1) is 0 Å². The van der Waals surface area contributed by atoms with Crippen LogP contribution in [0.1, 0.15) is 50.7 Å². The summed E-state index contributed by atoms with van der Waals surface area (Å²) in [6.45, 7) is 0.726. The van der Waals surface area contributed by atoms with E-state index < -0.39 is 44.5 Å². The Morgan fingerprint density at radius 1 is 1.13 bits per heavy atom. The molecule has 0 radical (unpaired) electrons. The standard InChI is InChI=1S/C27H23ClF2N4O3S/c1-13-12-32-24(16-6-5-7-20(22(16)29)38(4,36)37)23(30)25(13)34-15(3)10-18(21(28)27(34)35)17-11-19(17)26-31-9-8-14(2)33-26/h5-10,12,17,19H,11H2,1-4H3/t17-,19+/m1/s1/i2D3. The summed E-state index contributed by atoms with van der Waals surface area (Å²) >= 11 is 6.54. The number of aromatic nitrogens is 4. The summed E-state index contributed by atoms with van der Waals surface area (Å²) in [5.41, 5.74) is -0.735. The van der Waals surface area contributed by atoms with Crippen LogP contribution in [0.25, 0.3) is 16.9 Å². The molecule has 1 aromatic carbocycles. The number of hydrogen-bond acceptors (Lipinski definition) is 6. The zero-order chi connectivity index (χ0) is 30.0. The molecule has 0 saturated heterocycles. The lowest BCUT2D eigenvalue weighted by Gasteiger charge is -2.18. The van der Waals surface area contributed by atoms with Gasteiger partial charge in [-0.2, -0.15) is 0 Å². The van der Waals surface area contributed by atoms with E-state index in [9.17, 15) is 13.2 Å². The van der Waals surface area contributed by atoms with Crippen molar-refractivity contribution in [2.24, 2.45) is 0 Å². The molecule has 5 rings (SSSR count). The molecule has 0 amide bonds. The molecule has 3 heterocycles. The van der Waals surface area contributed by atoms with Crippen LogP contribution >= 0.6 is 11.6 Å². The van der Waals surface area contributed by atoms with E-state index in [0.29, 0.717) is 23.5 Å². The third-order valence-electron chi connectivity index (χ3n) is 6.58. The molecule has 1 aliphatic rings. The predicted molar refractivity (Wildman–Crippen MR) is 140 cm³/mol. The van der Waals surface area contributed by atoms with Crippen LogP contribution < -0.4 is 5.56 Å². The third kappa shape index (κ3) is 4.41. The van der Waals surface area contributed by atoms with Gasteiger partial charge in [0, 0.05) is 45.6 Å². The number of benzene rings is 1. The zero-order valence-electron chi connectivity index (χ0n) is 23.5. The summed E-state index contributed by atoms with van der Waals surface area (Å²) in [4.78, 5) is 25.4. The quantitative estimate of drug-likeness (QED) is 0.333. The van der Waals surface area contributed by atoms with Gasteiger partial charge in [0.05, 0.1) is 5.69 Å². The topological polar surface area (TPSA) is 94.8 Å². The van der Waals surface area contributed by atoms with E-state index >= 15 is 8.78 Å². The van der Waals surface area contributed by atoms with Gasteiger partial charge < -0.3 is 0 Å². The molecule has 0 aliphatic heterocycles. The minimum atomic E-state index is -3.94. The van der Waals surface area contributed by atoms with Gasteiger partial charge in [-0.25, -0.2) is 27.2 Å². The van der Waals surface area contributed by atoms with Gasteiger partial charge >= 0.3 is 0 Å². The zero-order valence-corrected chi connectivity index (χ0v) is 22.0. The van der Waals surface area contributed by atoms with Gasteiger partial charge in [-0.05, 0) is 68.4 Å². The normalized spacial score (nSPS) is 18.5. The Hall–Kier alpha value is -3.50. The van der Waals surface area contributed by atoms with Crippen molar-refractivity contribution in [3.05, 3.63) is 98.1 Å². The first-order valence-electron chi connectivity index (χ1n) is 13.0. The van der Waals surface area contributed by atoms with Crippen molar-refractivity contribution in [1.82, 2.24) is 19.5 Å². The number of nitrogens with zero attached hydrogens (tertiary/aromatic N) is 4. The Morgan fingerprint density at radius 3 is 2.61 bits per heavy atom. The summed E-state index contributed by atoms with van der Waals surface area (Å²) in [6, 6.07) is 6.53. The van der Waals surface area contributed by atoms with E-state index in [0.717, 1.165) is 16.9 Å². The maximum absolute atomic E-state index is 16.0. The highest BCUT2D eigenvalue weighted by Gasteiger charge is 2.43. The van der Waals surface area contributed by atoms with E-state index in [4.69, 9.17) is 15.7 Å². The molecule has 0 bridgehead atoms. The molecule has 0 N–H and O–H groups in total. The van der Waals surface area contributed by atoms with Crippen LogP contribution in [-0.4, -0.2) is 34.2 Å². The molecular formula is C27H23ClF2N4O3S. The minimum absolute atomic E-state index is 0.0798. The minimum Gasteiger partial charge on any atom is -0.277 e. The lowest BCUT2D eigenvalue weighted by Crippen LogP contribution is -2.24. The van der Waals surface area contributed by atoms with Crippen LogP contribution in [0, 0.1) is 32.3 Å². The van der Waals surface area contributed by atoms with Crippen molar-refractivity contribution in [1.29, 1.82) is 0 Å². The van der Waals surface area contributed by atoms with Crippen LogP contribution in [0.4, 0.5) is 8.78 Å². The van der Waals surface area contributed by atoms with Crippen LogP contribution in [0.5, 0.6) is 0 Å². The second kappa shape index (κ2) is 9.36. The number of hydrogen-bond donors (Lipinski definition) is 0. The highest BCUT2D eigenvalue weighted by Crippen LogP contribution is 2.54. The van der Waals surface area contributed by atoms with Gasteiger partial charge in [-0.1, -0.05) is 17.7 Å². The molecule has 4 aromatic rings. The van der Waals surface area contributed by atoms with Crippen LogP contribution in [0.15, 0.2) is 52.4 Å². The average molecular weight is 560 g/mol. The molecule has 0 unspecified atom stereocenters. The van der Waals surface area contributed by atoms with Gasteiger partial charge in [-0.3, -0.25) is 14.3 Å². The average Bonchev–Trinajstić information content (AvgIpc) is 3.68. The lowest BCUT2D eigenvalue weighted by molar-refractivity contribution is 0.569. The predicted octanol–water partition coefficient (Wildman–Crippen LogP) is 5.22. The molecule has 3 aromatic heterocycles. The molecule has 7 nitrogen and oxygen atoms in total. The van der Waals surface area contributed by atoms with Crippen molar-refractivity contribution in [3.8, 4) is 16.9 Å². The van der Waals surface area contributed by atoms with Gasteiger partial charge in [0.1, 0.15) is 21.4 Å². The molecule has 2 atom stereocenters. The molecule has 0 spiro atoms. The number of sulfone groups is 1. The maximum Gasteiger partial charge on any atom is 0.274 e. The van der Waals surface area contributed by atoms with Crippen molar-refractivity contribution >= 4 is 21.4 Å². The molecular weight excluding hydrogens is 534 g/mol. The molecule has 1 fully saturated rings. The number of aryl methyl sites for hydroxylation is 3. The number of rotatable bonds is 5. The monoisotopic (exact) mass is 559 g/mol. The molecule has 196 valence electrons. The molecule has 1 saturated carbocycles. The van der Waals surface area contributed by atoms with E-state index in [1.54, 1.807) is 13.0 Å². The van der Waals surface area contributed by atoms with E-state index in [-0.39, 0.29) is 39.4 Å². The van der Waals surface area contributed by atoms with E-state index in [2.05, 4.69) is 15.0 Å². The smallest absolute Gasteiger partial charge is 0.274 e. The van der Waals surface area contributed by atoms with Gasteiger partial charge in [0.25, 0.3) is 5.56 Å². The Kier molecular flexibility index (Phi) is 5.53. The van der Waals surface area contributed by atoms with E-state index in [1.165, 1.54) is 37.5 Å². The first-order chi connectivity index (χ1) is 19.1. The highest BCUT2D eigenvalue weighted by atomic mass is 35.5. The SMILES string of the molecule is [2H]C([2H])([2H])c1ccnc([C@H]2C[C@@H]2c2cc(C)n(-c3c(C)cnc(-c4cccc(S(C)(=O)=O)c4F)c3F)c(=O)c2Cl)n1. The van der Waals surface area contributed by atoms with E-state index in [1.807, 2.05) is 0 Å². The first kappa shape index (κ1) is 22.5. The van der Waals surface area contributed by atoms with Gasteiger partial charge in [0.15, 0.2) is 21.5 Å². The van der Waals surface area contributed by atoms with Crippen LogP contribution in [-0.2, 0) is 9.84 Å². The maximum atomic E-state index is 16.0. The second-order valence-corrected chi connectivity index (χ2v) is 11.6. The fourth-order valence-corrected chi connectivity index (χ4v) is 5.71. The van der Waals surface area contributed by atoms with Crippen LogP contribution in [0.3, 0.4) is 0 Å². The fraction of sp³-hybridized carbons (Fsp3) is 0.259. The first-order valence-corrected chi connectivity index (χ1v) is 13.8. The van der Waals surface area contributed by atoms with Crippen molar-refractivity contribution in [2.45, 2.75) is 43.9 Å². The highest BCUT2D eigenvalue weighted by molar-refractivity contribution is 7.90. The Morgan fingerprint density at radius 2 is 1.89 bits per heavy atom. The Bertz CT molecular complexity index is 1900. The van der Waals surface area contributed by atoms with Crippen molar-refractivity contribution < 1.29 is 21.3 Å².